The molecule has 0 radical (unpaired) electrons. The van der Waals surface area contributed by atoms with E-state index in [0.717, 1.165) is 65.5 Å². The molecule has 4 nitrogen and oxygen atoms in total. The predicted octanol–water partition coefficient (Wildman–Crippen LogP) is 9.42. The molecule has 0 aliphatic heterocycles. The van der Waals surface area contributed by atoms with Crippen LogP contribution in [0.2, 0.25) is 0 Å². The molecule has 0 unspecified atom stereocenters. The van der Waals surface area contributed by atoms with Crippen LogP contribution >= 0.6 is 63.7 Å². The summed E-state index contributed by atoms with van der Waals surface area (Å²) in [5.74, 6) is 0.953. The molecule has 5 rings (SSSR count). The number of rotatable bonds is 10. The Labute approximate surface area is 270 Å². The number of likely N-dealkylation sites (N-methyl/N-ethyl adjacent to an activating group) is 1. The lowest BCUT2D eigenvalue weighted by molar-refractivity contribution is -0.902. The summed E-state index contributed by atoms with van der Waals surface area (Å²) in [6, 6.07) is 32.0. The van der Waals surface area contributed by atoms with E-state index in [9.17, 15) is 0 Å². The maximum atomic E-state index is 5.31. The first-order valence-corrected chi connectivity index (χ1v) is 16.3. The zero-order chi connectivity index (χ0) is 28.3. The zero-order valence-electron chi connectivity index (χ0n) is 22.5. The highest BCUT2D eigenvalue weighted by Crippen LogP contribution is 2.45. The van der Waals surface area contributed by atoms with Gasteiger partial charge in [0, 0.05) is 21.1 Å². The summed E-state index contributed by atoms with van der Waals surface area (Å²) >= 11 is 15.2. The van der Waals surface area contributed by atoms with Gasteiger partial charge in [-0.2, -0.15) is 0 Å². The number of benzene rings is 4. The Morgan fingerprint density at radius 3 is 1.80 bits per heavy atom. The smallest absolute Gasteiger partial charge is 0.207 e. The molecular formula is C32H31Br4N4+. The first-order valence-electron chi connectivity index (χ1n) is 13.1. The van der Waals surface area contributed by atoms with Crippen molar-refractivity contribution < 1.29 is 4.48 Å². The highest BCUT2D eigenvalue weighted by molar-refractivity contribution is 9.15. The van der Waals surface area contributed by atoms with Crippen LogP contribution in [0.1, 0.15) is 16.7 Å². The summed E-state index contributed by atoms with van der Waals surface area (Å²) in [7, 11) is 4.62. The Hall–Kier alpha value is -1.97. The molecule has 8 heteroatoms. The Morgan fingerprint density at radius 1 is 0.675 bits per heavy atom. The molecule has 0 bridgehead atoms. The Kier molecular flexibility index (Phi) is 9.52. The van der Waals surface area contributed by atoms with E-state index in [4.69, 9.17) is 4.98 Å². The summed E-state index contributed by atoms with van der Waals surface area (Å²) in [5.41, 5.74) is 5.81. The fourth-order valence-corrected chi connectivity index (χ4v) is 7.36. The molecule has 206 valence electrons. The largest absolute Gasteiger partial charge is 0.332 e. The van der Waals surface area contributed by atoms with E-state index in [1.807, 2.05) is 0 Å². The minimum absolute atomic E-state index is 0.708. The van der Waals surface area contributed by atoms with Gasteiger partial charge in [-0.15, -0.1) is 0 Å². The number of aromatic nitrogens is 2. The summed E-state index contributed by atoms with van der Waals surface area (Å²) in [6.07, 6.45) is 0. The maximum absolute atomic E-state index is 5.31. The van der Waals surface area contributed by atoms with Crippen LogP contribution < -0.4 is 4.90 Å². The molecule has 0 saturated carbocycles. The highest BCUT2D eigenvalue weighted by atomic mass is 79.9. The molecule has 1 aromatic heterocycles. The third-order valence-corrected chi connectivity index (χ3v) is 11.8. The van der Waals surface area contributed by atoms with Gasteiger partial charge in [-0.1, -0.05) is 91.0 Å². The lowest BCUT2D eigenvalue weighted by Gasteiger charge is -2.33. The van der Waals surface area contributed by atoms with E-state index in [0.29, 0.717) is 6.54 Å². The molecule has 0 N–H and O–H groups in total. The summed E-state index contributed by atoms with van der Waals surface area (Å²) in [6.45, 7) is 4.26. The van der Waals surface area contributed by atoms with Crippen molar-refractivity contribution in [2.24, 2.45) is 0 Å². The number of nitrogens with zero attached hydrogens (tertiary/aromatic N) is 4. The maximum Gasteiger partial charge on any atom is 0.207 e. The van der Waals surface area contributed by atoms with Crippen LogP contribution in [-0.4, -0.2) is 41.2 Å². The number of fused-ring (bicyclic) bond motifs is 1. The topological polar surface area (TPSA) is 21.1 Å². The van der Waals surface area contributed by atoms with Gasteiger partial charge < -0.3 is 14.0 Å². The van der Waals surface area contributed by atoms with E-state index in [1.165, 1.54) is 16.7 Å². The van der Waals surface area contributed by atoms with E-state index in [1.54, 1.807) is 0 Å². The Morgan fingerprint density at radius 2 is 1.20 bits per heavy atom. The van der Waals surface area contributed by atoms with Crippen LogP contribution in [0.5, 0.6) is 0 Å². The van der Waals surface area contributed by atoms with Crippen LogP contribution in [0.15, 0.2) is 109 Å². The van der Waals surface area contributed by atoms with Crippen molar-refractivity contribution in [1.29, 1.82) is 0 Å². The Bertz CT molecular complexity index is 1590. The molecular weight excluding hydrogens is 760 g/mol. The van der Waals surface area contributed by atoms with Crippen molar-refractivity contribution in [3.63, 3.8) is 0 Å². The van der Waals surface area contributed by atoms with E-state index in [2.05, 4.69) is 178 Å². The molecule has 40 heavy (non-hydrogen) atoms. The average Bonchev–Trinajstić information content (AvgIpc) is 3.33. The molecule has 4 aromatic carbocycles. The van der Waals surface area contributed by atoms with Crippen LogP contribution in [0.25, 0.3) is 11.0 Å². The number of quaternary nitrogens is 1. The van der Waals surface area contributed by atoms with Gasteiger partial charge in [0.05, 0.1) is 48.2 Å². The van der Waals surface area contributed by atoms with Gasteiger partial charge in [0.2, 0.25) is 5.95 Å². The first kappa shape index (κ1) is 29.5. The first-order chi connectivity index (χ1) is 19.2. The van der Waals surface area contributed by atoms with Crippen molar-refractivity contribution in [1.82, 2.24) is 9.55 Å². The van der Waals surface area contributed by atoms with Crippen molar-refractivity contribution in [2.45, 2.75) is 19.6 Å². The van der Waals surface area contributed by atoms with Crippen molar-refractivity contribution in [3.05, 3.63) is 126 Å². The normalized spacial score (nSPS) is 11.8. The molecule has 5 aromatic rings. The standard InChI is InChI=1S/C32H31Br4N4/c1-40(2,22-25-16-10-5-11-17-25)19-18-38(20-23-12-6-3-7-13-23)32-37-30-28(35)26(33)27(34)29(36)31(30)39(32)21-24-14-8-4-9-15-24/h3-17H,18-22H2,1-2H3/q+1. The lowest BCUT2D eigenvalue weighted by Crippen LogP contribution is -2.45. The van der Waals surface area contributed by atoms with E-state index < -0.39 is 0 Å². The second-order valence-electron chi connectivity index (χ2n) is 10.6. The molecule has 1 heterocycles. The molecule has 0 fully saturated rings. The van der Waals surface area contributed by atoms with Crippen molar-refractivity contribution in [3.8, 4) is 0 Å². The second kappa shape index (κ2) is 12.9. The monoisotopic (exact) mass is 787 g/mol. The highest BCUT2D eigenvalue weighted by Gasteiger charge is 2.26. The van der Waals surface area contributed by atoms with Gasteiger partial charge in [0.1, 0.15) is 12.1 Å². The van der Waals surface area contributed by atoms with Gasteiger partial charge in [0.15, 0.2) is 0 Å². The summed E-state index contributed by atoms with van der Waals surface area (Å²) in [4.78, 5) is 7.74. The van der Waals surface area contributed by atoms with E-state index in [-0.39, 0.29) is 0 Å². The minimum atomic E-state index is 0.708. The quantitative estimate of drug-likeness (QED) is 0.0799. The van der Waals surface area contributed by atoms with Gasteiger partial charge in [-0.25, -0.2) is 4.98 Å². The number of hydrogen-bond acceptors (Lipinski definition) is 2. The molecule has 0 aliphatic rings. The third-order valence-electron chi connectivity index (χ3n) is 7.05. The molecule has 0 saturated heterocycles. The van der Waals surface area contributed by atoms with E-state index >= 15 is 0 Å². The average molecular weight is 791 g/mol. The van der Waals surface area contributed by atoms with Crippen LogP contribution in [0, 0.1) is 0 Å². The predicted molar refractivity (Wildman–Crippen MR) is 181 cm³/mol. The summed E-state index contributed by atoms with van der Waals surface area (Å²) < 4.78 is 7.04. The molecule has 0 amide bonds. The molecule has 0 spiro atoms. The molecule has 0 aliphatic carbocycles. The summed E-state index contributed by atoms with van der Waals surface area (Å²) in [5, 5.41) is 0. The fraction of sp³-hybridized carbons (Fsp3) is 0.219. The number of halogens is 4. The van der Waals surface area contributed by atoms with Gasteiger partial charge >= 0.3 is 0 Å². The third kappa shape index (κ3) is 6.73. The lowest BCUT2D eigenvalue weighted by atomic mass is 10.2. The number of hydrogen-bond donors (Lipinski definition) is 0. The molecule has 0 atom stereocenters. The van der Waals surface area contributed by atoms with Gasteiger partial charge in [0.25, 0.3) is 0 Å². The zero-order valence-corrected chi connectivity index (χ0v) is 28.8. The van der Waals surface area contributed by atoms with Crippen molar-refractivity contribution in [2.75, 3.05) is 32.1 Å². The van der Waals surface area contributed by atoms with Crippen LogP contribution in [-0.2, 0) is 19.6 Å². The number of anilines is 1. The number of imidazole rings is 1. The van der Waals surface area contributed by atoms with Crippen LogP contribution in [0.3, 0.4) is 0 Å². The fourth-order valence-electron chi connectivity index (χ4n) is 4.98. The second-order valence-corrected chi connectivity index (χ2v) is 13.8. The van der Waals surface area contributed by atoms with Gasteiger partial charge in [-0.3, -0.25) is 0 Å². The minimum Gasteiger partial charge on any atom is -0.332 e. The Balaban J connectivity index is 1.59. The van der Waals surface area contributed by atoms with Gasteiger partial charge in [-0.05, 0) is 74.8 Å². The SMILES string of the molecule is C[N+](C)(CCN(Cc1ccccc1)c1nc2c(Br)c(Br)c(Br)c(Br)c2n1Cc1ccccc1)Cc1ccccc1. The van der Waals surface area contributed by atoms with Crippen molar-refractivity contribution >= 4 is 80.7 Å². The van der Waals surface area contributed by atoms with Crippen LogP contribution in [0.4, 0.5) is 5.95 Å².